The van der Waals surface area contributed by atoms with Crippen molar-refractivity contribution in [2.45, 2.75) is 46.5 Å². The fourth-order valence-corrected chi connectivity index (χ4v) is 1.48. The van der Waals surface area contributed by atoms with Gasteiger partial charge in [0.2, 0.25) is 0 Å². The van der Waals surface area contributed by atoms with Gasteiger partial charge in [0.05, 0.1) is 0 Å². The molecule has 0 aliphatic heterocycles. The van der Waals surface area contributed by atoms with Crippen LogP contribution in [0, 0.1) is 18.3 Å². The molecule has 0 heterocycles. The first kappa shape index (κ1) is 22.9. The van der Waals surface area contributed by atoms with Gasteiger partial charge in [-0.2, -0.15) is 13.3 Å². The predicted octanol–water partition coefficient (Wildman–Crippen LogP) is -4.20. The van der Waals surface area contributed by atoms with Crippen LogP contribution in [0.15, 0.2) is 0 Å². The minimum absolute atomic E-state index is 0. The second-order valence-corrected chi connectivity index (χ2v) is 3.75. The summed E-state index contributed by atoms with van der Waals surface area (Å²) in [5.41, 5.74) is 0. The van der Waals surface area contributed by atoms with E-state index in [2.05, 4.69) is 13.3 Å². The molecule has 4 heteroatoms. The molecular formula is C11H20K2O2. The molecule has 0 aliphatic rings. The van der Waals surface area contributed by atoms with E-state index >= 15 is 0 Å². The molecule has 0 saturated heterocycles. The molecule has 0 aromatic heterocycles. The van der Waals surface area contributed by atoms with E-state index in [0.29, 0.717) is 12.3 Å². The number of carboxylic acids is 1. The zero-order valence-corrected chi connectivity index (χ0v) is 17.1. The van der Waals surface area contributed by atoms with Crippen LogP contribution in [0.4, 0.5) is 0 Å². The van der Waals surface area contributed by atoms with Crippen molar-refractivity contribution in [3.05, 3.63) is 6.42 Å². The Hall–Kier alpha value is 2.74. The molecule has 0 rings (SSSR count). The van der Waals surface area contributed by atoms with Gasteiger partial charge in [-0.15, -0.1) is 0 Å². The maximum absolute atomic E-state index is 10.6. The SMILES string of the molecule is C[CH-]CCC(C)CC(CC)C(=O)[O-].[K+].[K+]. The average Bonchev–Trinajstić information content (AvgIpc) is 2.10. The standard InChI is InChI=1S/C11H21O2.2K/c1-4-6-7-9(3)8-10(5-2)11(12)13;;/h4,9-10H,5-8H2,1-3H3,(H,12,13);;/q-1;2*+1/p-1. The molecule has 0 radical (unpaired) electrons. The molecule has 0 spiro atoms. The zero-order chi connectivity index (χ0) is 10.3. The molecule has 0 aliphatic carbocycles. The van der Waals surface area contributed by atoms with E-state index in [1.54, 1.807) is 0 Å². The third-order valence-corrected chi connectivity index (χ3v) is 2.46. The van der Waals surface area contributed by atoms with Gasteiger partial charge in [0.15, 0.2) is 0 Å². The number of unbranched alkanes of at least 4 members (excludes halogenated alkanes) is 1. The minimum atomic E-state index is -0.894. The van der Waals surface area contributed by atoms with E-state index in [0.717, 1.165) is 19.3 Å². The number of rotatable bonds is 7. The first-order valence-corrected chi connectivity index (χ1v) is 5.10. The monoisotopic (exact) mass is 262 g/mol. The minimum Gasteiger partial charge on any atom is -0.550 e. The molecule has 0 aromatic carbocycles. The van der Waals surface area contributed by atoms with E-state index in [1.165, 1.54) is 0 Å². The topological polar surface area (TPSA) is 40.1 Å². The third-order valence-electron chi connectivity index (χ3n) is 2.46. The normalized spacial score (nSPS) is 13.3. The van der Waals surface area contributed by atoms with Crippen LogP contribution in [0.2, 0.25) is 0 Å². The molecule has 15 heavy (non-hydrogen) atoms. The van der Waals surface area contributed by atoms with Crippen molar-refractivity contribution >= 4 is 5.97 Å². The van der Waals surface area contributed by atoms with Crippen LogP contribution in [0.25, 0.3) is 0 Å². The first-order valence-electron chi connectivity index (χ1n) is 5.10. The Morgan fingerprint density at radius 2 is 1.93 bits per heavy atom. The Labute approximate surface area is 179 Å². The number of hydrogen-bond donors (Lipinski definition) is 0. The first-order chi connectivity index (χ1) is 6.11. The summed E-state index contributed by atoms with van der Waals surface area (Å²) < 4.78 is 0. The second kappa shape index (κ2) is 14.8. The van der Waals surface area contributed by atoms with Crippen LogP contribution in [0.1, 0.15) is 46.5 Å². The van der Waals surface area contributed by atoms with Crippen molar-refractivity contribution in [1.82, 2.24) is 0 Å². The molecule has 0 fully saturated rings. The van der Waals surface area contributed by atoms with E-state index in [1.807, 2.05) is 13.8 Å². The fourth-order valence-electron chi connectivity index (χ4n) is 1.48. The molecule has 2 nitrogen and oxygen atoms in total. The van der Waals surface area contributed by atoms with Crippen LogP contribution in [0.5, 0.6) is 0 Å². The number of carboxylic acid groups (broad SMARTS) is 1. The Morgan fingerprint density at radius 1 is 1.40 bits per heavy atom. The van der Waals surface area contributed by atoms with Crippen LogP contribution < -0.4 is 108 Å². The average molecular weight is 262 g/mol. The Bertz CT molecular complexity index is 152. The molecule has 78 valence electrons. The maximum atomic E-state index is 10.6. The quantitative estimate of drug-likeness (QED) is 0.345. The third kappa shape index (κ3) is 13.0. The Balaban J connectivity index is -0.000000720. The molecule has 0 amide bonds. The molecule has 0 aromatic rings. The Kier molecular flexibility index (Phi) is 22.6. The van der Waals surface area contributed by atoms with Gasteiger partial charge in [0.1, 0.15) is 0 Å². The summed E-state index contributed by atoms with van der Waals surface area (Å²) in [6.07, 6.45) is 5.72. The predicted molar refractivity (Wildman–Crippen MR) is 51.8 cm³/mol. The van der Waals surface area contributed by atoms with Gasteiger partial charge in [0, 0.05) is 5.97 Å². The van der Waals surface area contributed by atoms with Gasteiger partial charge in [-0.25, -0.2) is 0 Å². The maximum Gasteiger partial charge on any atom is 1.00 e. The number of hydrogen-bond acceptors (Lipinski definition) is 2. The van der Waals surface area contributed by atoms with E-state index in [4.69, 9.17) is 0 Å². The fraction of sp³-hybridized carbons (Fsp3) is 0.818. The summed E-state index contributed by atoms with van der Waals surface area (Å²) in [6.45, 7) is 6.04. The van der Waals surface area contributed by atoms with Crippen LogP contribution in [0.3, 0.4) is 0 Å². The summed E-state index contributed by atoms with van der Waals surface area (Å²) in [5, 5.41) is 10.6. The van der Waals surface area contributed by atoms with E-state index in [-0.39, 0.29) is 109 Å². The molecule has 2 unspecified atom stereocenters. The molecule has 0 saturated carbocycles. The summed E-state index contributed by atoms with van der Waals surface area (Å²) in [4.78, 5) is 10.6. The molecule has 0 bridgehead atoms. The van der Waals surface area contributed by atoms with Crippen LogP contribution in [-0.4, -0.2) is 5.97 Å². The van der Waals surface area contributed by atoms with Crippen molar-refractivity contribution in [3.8, 4) is 0 Å². The van der Waals surface area contributed by atoms with Crippen LogP contribution >= 0.6 is 0 Å². The van der Waals surface area contributed by atoms with E-state index < -0.39 is 5.97 Å². The molecule has 0 N–H and O–H groups in total. The number of carbonyl (C=O) groups excluding carboxylic acids is 1. The van der Waals surface area contributed by atoms with Gasteiger partial charge in [0.25, 0.3) is 0 Å². The second-order valence-electron chi connectivity index (χ2n) is 3.75. The summed E-state index contributed by atoms with van der Waals surface area (Å²) in [5.74, 6) is -0.666. The van der Waals surface area contributed by atoms with Gasteiger partial charge < -0.3 is 16.3 Å². The number of carbonyl (C=O) groups is 1. The van der Waals surface area contributed by atoms with Crippen molar-refractivity contribution in [1.29, 1.82) is 0 Å². The van der Waals surface area contributed by atoms with Gasteiger partial charge in [-0.1, -0.05) is 20.3 Å². The van der Waals surface area contributed by atoms with Crippen molar-refractivity contribution in [3.63, 3.8) is 0 Å². The number of aliphatic carboxylic acids is 1. The summed E-state index contributed by atoms with van der Waals surface area (Å²) in [6, 6.07) is 0. The van der Waals surface area contributed by atoms with Crippen LogP contribution in [-0.2, 0) is 4.79 Å². The van der Waals surface area contributed by atoms with Crippen molar-refractivity contribution < 1.29 is 113 Å². The summed E-state index contributed by atoms with van der Waals surface area (Å²) in [7, 11) is 0. The van der Waals surface area contributed by atoms with Crippen molar-refractivity contribution in [2.24, 2.45) is 11.8 Å². The zero-order valence-electron chi connectivity index (χ0n) is 10.9. The van der Waals surface area contributed by atoms with E-state index in [9.17, 15) is 9.90 Å². The summed E-state index contributed by atoms with van der Waals surface area (Å²) >= 11 is 0. The Morgan fingerprint density at radius 3 is 2.27 bits per heavy atom. The molecular weight excluding hydrogens is 242 g/mol. The molecule has 2 atom stereocenters. The smallest absolute Gasteiger partial charge is 0.550 e. The largest absolute Gasteiger partial charge is 1.00 e. The van der Waals surface area contributed by atoms with Gasteiger partial charge in [-0.3, -0.25) is 0 Å². The van der Waals surface area contributed by atoms with Gasteiger partial charge >= 0.3 is 103 Å². The van der Waals surface area contributed by atoms with Gasteiger partial charge in [-0.05, 0) is 24.7 Å². The van der Waals surface area contributed by atoms with Crippen molar-refractivity contribution in [2.75, 3.05) is 0 Å².